The van der Waals surface area contributed by atoms with E-state index >= 15 is 0 Å². The first kappa shape index (κ1) is 21.2. The van der Waals surface area contributed by atoms with Crippen LogP contribution in [-0.2, 0) is 0 Å². The number of hydrogen-bond donors (Lipinski definition) is 0. The minimum atomic E-state index is -1.37. The Morgan fingerprint density at radius 2 is 1.22 bits per heavy atom. The highest BCUT2D eigenvalue weighted by atomic mass is 28.4. The van der Waals surface area contributed by atoms with Crippen LogP contribution in [0.2, 0.25) is 39.3 Å². The number of pyridine rings is 1. The standard InChI is InChI=1S/C28H32N2Si2/c1-31(2,3)28(32(4,5)6)25-17-15-20-19-21(16-18-24(20)29-25)30-26-13-9-7-11-22(26)23-12-8-10-14-27(23)30/h7-19,28H,1-6H3. The van der Waals surface area contributed by atoms with Crippen molar-refractivity contribution in [2.24, 2.45) is 0 Å². The summed E-state index contributed by atoms with van der Waals surface area (Å²) in [7, 11) is -2.74. The number of rotatable bonds is 4. The van der Waals surface area contributed by atoms with Gasteiger partial charge < -0.3 is 4.57 Å². The van der Waals surface area contributed by atoms with Crippen LogP contribution in [0.25, 0.3) is 38.4 Å². The Morgan fingerprint density at radius 3 is 1.78 bits per heavy atom. The number of fused-ring (bicyclic) bond motifs is 4. The molecule has 4 heteroatoms. The van der Waals surface area contributed by atoms with E-state index in [1.165, 1.54) is 38.6 Å². The Morgan fingerprint density at radius 1 is 0.656 bits per heavy atom. The van der Waals surface area contributed by atoms with E-state index in [1.54, 1.807) is 0 Å². The van der Waals surface area contributed by atoms with Gasteiger partial charge in [-0.05, 0) is 41.6 Å². The Kier molecular flexibility index (Phi) is 4.91. The molecule has 5 aromatic rings. The molecule has 32 heavy (non-hydrogen) atoms. The monoisotopic (exact) mass is 452 g/mol. The molecule has 0 fully saturated rings. The van der Waals surface area contributed by atoms with Crippen LogP contribution in [0, 0.1) is 0 Å². The smallest absolute Gasteiger partial charge is 0.0706 e. The predicted octanol–water partition coefficient (Wildman–Crippen LogP) is 8.17. The molecule has 0 amide bonds. The van der Waals surface area contributed by atoms with Gasteiger partial charge in [0.05, 0.1) is 32.7 Å². The van der Waals surface area contributed by atoms with Crippen molar-refractivity contribution in [2.45, 2.75) is 44.4 Å². The van der Waals surface area contributed by atoms with Gasteiger partial charge in [0.2, 0.25) is 0 Å². The van der Waals surface area contributed by atoms with E-state index in [1.807, 2.05) is 0 Å². The number of nitrogens with zero attached hydrogens (tertiary/aromatic N) is 2. The van der Waals surface area contributed by atoms with Crippen molar-refractivity contribution in [1.82, 2.24) is 9.55 Å². The van der Waals surface area contributed by atoms with Crippen LogP contribution >= 0.6 is 0 Å². The maximum Gasteiger partial charge on any atom is 0.0706 e. The van der Waals surface area contributed by atoms with Crippen LogP contribution in [0.5, 0.6) is 0 Å². The highest BCUT2D eigenvalue weighted by Gasteiger charge is 2.39. The Labute approximate surface area is 192 Å². The van der Waals surface area contributed by atoms with E-state index in [0.29, 0.717) is 5.16 Å². The van der Waals surface area contributed by atoms with Gasteiger partial charge in [0.25, 0.3) is 0 Å². The maximum atomic E-state index is 5.22. The van der Waals surface area contributed by atoms with Crippen molar-refractivity contribution >= 4 is 48.9 Å². The molecule has 0 N–H and O–H groups in total. The van der Waals surface area contributed by atoms with Crippen molar-refractivity contribution in [1.29, 1.82) is 0 Å². The molecule has 162 valence electrons. The van der Waals surface area contributed by atoms with Crippen LogP contribution in [0.15, 0.2) is 78.9 Å². The predicted molar refractivity (Wildman–Crippen MR) is 146 cm³/mol. The second-order valence-electron chi connectivity index (χ2n) is 11.1. The summed E-state index contributed by atoms with van der Waals surface area (Å²) in [5.41, 5.74) is 6.09. The summed E-state index contributed by atoms with van der Waals surface area (Å²) in [6, 6.07) is 28.7. The van der Waals surface area contributed by atoms with Crippen molar-refractivity contribution < 1.29 is 0 Å². The zero-order valence-corrected chi connectivity index (χ0v) is 22.0. The third kappa shape index (κ3) is 3.52. The highest BCUT2D eigenvalue weighted by molar-refractivity contribution is 6.96. The topological polar surface area (TPSA) is 17.8 Å². The molecule has 0 saturated carbocycles. The first-order valence-corrected chi connectivity index (χ1v) is 18.7. The lowest BCUT2D eigenvalue weighted by atomic mass is 10.1. The van der Waals surface area contributed by atoms with E-state index in [2.05, 4.69) is 123 Å². The fraction of sp³-hybridized carbons (Fsp3) is 0.250. The first-order valence-electron chi connectivity index (χ1n) is 11.5. The summed E-state index contributed by atoms with van der Waals surface area (Å²) in [5, 5.41) is 4.45. The Balaban J connectivity index is 1.68. The fourth-order valence-electron chi connectivity index (χ4n) is 5.82. The van der Waals surface area contributed by atoms with Gasteiger partial charge in [-0.2, -0.15) is 0 Å². The molecule has 0 spiro atoms. The third-order valence-corrected chi connectivity index (χ3v) is 15.8. The molecule has 2 nitrogen and oxygen atoms in total. The summed E-state index contributed by atoms with van der Waals surface area (Å²) in [5.74, 6) is 0. The summed E-state index contributed by atoms with van der Waals surface area (Å²) < 4.78 is 2.38. The largest absolute Gasteiger partial charge is 0.309 e. The van der Waals surface area contributed by atoms with Crippen LogP contribution in [-0.4, -0.2) is 25.7 Å². The average Bonchev–Trinajstić information content (AvgIpc) is 3.06. The molecular formula is C28H32N2Si2. The SMILES string of the molecule is C[Si](C)(C)C(c1ccc2cc(-n3c4ccccc4c4ccccc43)ccc2n1)[Si](C)(C)C. The lowest BCUT2D eigenvalue weighted by molar-refractivity contribution is 1.09. The molecule has 2 aromatic heterocycles. The second-order valence-corrected chi connectivity index (χ2v) is 22.3. The minimum Gasteiger partial charge on any atom is -0.309 e. The van der Waals surface area contributed by atoms with Gasteiger partial charge >= 0.3 is 0 Å². The molecule has 2 heterocycles. The van der Waals surface area contributed by atoms with Crippen LogP contribution < -0.4 is 0 Å². The van der Waals surface area contributed by atoms with Crippen LogP contribution in [0.4, 0.5) is 0 Å². The van der Waals surface area contributed by atoms with Gasteiger partial charge in [0.1, 0.15) is 0 Å². The minimum absolute atomic E-state index is 0.649. The maximum absolute atomic E-state index is 5.22. The van der Waals surface area contributed by atoms with Crippen LogP contribution in [0.1, 0.15) is 10.9 Å². The van der Waals surface area contributed by atoms with Gasteiger partial charge in [-0.1, -0.05) is 81.7 Å². The Bertz CT molecular complexity index is 1380. The normalized spacial score (nSPS) is 13.0. The number of benzene rings is 3. The molecule has 0 atom stereocenters. The lowest BCUT2D eigenvalue weighted by Gasteiger charge is -2.38. The molecule has 0 aliphatic carbocycles. The van der Waals surface area contributed by atoms with E-state index in [9.17, 15) is 0 Å². The van der Waals surface area contributed by atoms with E-state index in [-0.39, 0.29) is 0 Å². The third-order valence-electron chi connectivity index (χ3n) is 6.56. The molecule has 5 rings (SSSR count). The molecule has 3 aromatic carbocycles. The summed E-state index contributed by atoms with van der Waals surface area (Å²) in [4.78, 5) is 5.22. The number of aromatic nitrogens is 2. The number of hydrogen-bond acceptors (Lipinski definition) is 1. The van der Waals surface area contributed by atoms with Gasteiger partial charge in [-0.25, -0.2) is 0 Å². The first-order chi connectivity index (χ1) is 15.1. The summed E-state index contributed by atoms with van der Waals surface area (Å²) in [6.45, 7) is 15.0. The molecule has 0 radical (unpaired) electrons. The quantitative estimate of drug-likeness (QED) is 0.251. The summed E-state index contributed by atoms with van der Waals surface area (Å²) >= 11 is 0. The van der Waals surface area contributed by atoms with Gasteiger partial charge in [-0.15, -0.1) is 0 Å². The highest BCUT2D eigenvalue weighted by Crippen LogP contribution is 2.36. The zero-order chi connectivity index (χ0) is 22.7. The van der Waals surface area contributed by atoms with Gasteiger partial charge in [0.15, 0.2) is 0 Å². The average molecular weight is 453 g/mol. The zero-order valence-electron chi connectivity index (χ0n) is 20.0. The fourth-order valence-corrected chi connectivity index (χ4v) is 18.3. The van der Waals surface area contributed by atoms with Gasteiger partial charge in [0, 0.05) is 27.5 Å². The lowest BCUT2D eigenvalue weighted by Crippen LogP contribution is -2.46. The van der Waals surface area contributed by atoms with Crippen molar-refractivity contribution in [2.75, 3.05) is 0 Å². The molecule has 0 bridgehead atoms. The van der Waals surface area contributed by atoms with E-state index in [4.69, 9.17) is 4.98 Å². The molecule has 0 aliphatic rings. The summed E-state index contributed by atoms with van der Waals surface area (Å²) in [6.07, 6.45) is 0. The molecule has 0 saturated heterocycles. The Hall–Kier alpha value is -2.70. The second kappa shape index (κ2) is 7.43. The molecule has 0 aliphatic heterocycles. The molecular weight excluding hydrogens is 420 g/mol. The van der Waals surface area contributed by atoms with Gasteiger partial charge in [-0.3, -0.25) is 4.98 Å². The van der Waals surface area contributed by atoms with Crippen molar-refractivity contribution in [3.05, 3.63) is 84.6 Å². The van der Waals surface area contributed by atoms with E-state index < -0.39 is 16.1 Å². The number of para-hydroxylation sites is 2. The van der Waals surface area contributed by atoms with Crippen molar-refractivity contribution in [3.8, 4) is 5.69 Å². The van der Waals surface area contributed by atoms with E-state index in [0.717, 1.165) is 5.52 Å². The van der Waals surface area contributed by atoms with Crippen LogP contribution in [0.3, 0.4) is 0 Å². The van der Waals surface area contributed by atoms with Crippen molar-refractivity contribution in [3.63, 3.8) is 0 Å². The molecule has 0 unspecified atom stereocenters.